The van der Waals surface area contributed by atoms with Crippen LogP contribution in [0.15, 0.2) is 9.98 Å². The van der Waals surface area contributed by atoms with Gasteiger partial charge in [0, 0.05) is 0 Å². The SMILES string of the molecule is NC(=O)Nc1ncc(Br)s1. The summed E-state index contributed by atoms with van der Waals surface area (Å²) in [5.41, 5.74) is 4.84. The van der Waals surface area contributed by atoms with Crippen molar-refractivity contribution in [2.45, 2.75) is 0 Å². The van der Waals surface area contributed by atoms with Crippen LogP contribution in [0.3, 0.4) is 0 Å². The number of hydrogen-bond acceptors (Lipinski definition) is 3. The number of anilines is 1. The van der Waals surface area contributed by atoms with E-state index >= 15 is 0 Å². The Balaban J connectivity index is 2.67. The largest absolute Gasteiger partial charge is 0.351 e. The average molecular weight is 222 g/mol. The first-order valence-electron chi connectivity index (χ1n) is 2.36. The number of halogens is 1. The molecule has 0 aliphatic heterocycles. The number of aromatic nitrogens is 1. The first-order valence-corrected chi connectivity index (χ1v) is 3.97. The molecule has 1 heterocycles. The summed E-state index contributed by atoms with van der Waals surface area (Å²) in [6.45, 7) is 0. The van der Waals surface area contributed by atoms with Crippen LogP contribution in [0, 0.1) is 0 Å². The van der Waals surface area contributed by atoms with Gasteiger partial charge >= 0.3 is 6.03 Å². The van der Waals surface area contributed by atoms with E-state index in [0.29, 0.717) is 5.13 Å². The third-order valence-electron chi connectivity index (χ3n) is 0.708. The molecule has 3 N–H and O–H groups in total. The van der Waals surface area contributed by atoms with Gasteiger partial charge in [-0.05, 0) is 15.9 Å². The van der Waals surface area contributed by atoms with Crippen LogP contribution in [0.2, 0.25) is 0 Å². The number of rotatable bonds is 1. The second-order valence-corrected chi connectivity index (χ2v) is 3.87. The molecule has 0 aliphatic rings. The summed E-state index contributed by atoms with van der Waals surface area (Å²) < 4.78 is 0.858. The van der Waals surface area contributed by atoms with Crippen LogP contribution in [0.5, 0.6) is 0 Å². The highest BCUT2D eigenvalue weighted by Crippen LogP contribution is 2.22. The quantitative estimate of drug-likeness (QED) is 0.753. The Hall–Kier alpha value is -0.620. The average Bonchev–Trinajstić information content (AvgIpc) is 2.13. The van der Waals surface area contributed by atoms with Crippen molar-refractivity contribution in [2.75, 3.05) is 5.32 Å². The highest BCUT2D eigenvalue weighted by atomic mass is 79.9. The van der Waals surface area contributed by atoms with E-state index < -0.39 is 6.03 Å². The molecule has 0 fully saturated rings. The van der Waals surface area contributed by atoms with Crippen LogP contribution in [0.25, 0.3) is 0 Å². The molecule has 1 rings (SSSR count). The number of urea groups is 1. The molecule has 0 aromatic carbocycles. The van der Waals surface area contributed by atoms with Gasteiger partial charge in [-0.3, -0.25) is 5.32 Å². The van der Waals surface area contributed by atoms with Crippen LogP contribution >= 0.6 is 27.3 Å². The van der Waals surface area contributed by atoms with E-state index in [1.807, 2.05) is 0 Å². The van der Waals surface area contributed by atoms with Crippen LogP contribution in [0.4, 0.5) is 9.93 Å². The molecule has 0 saturated heterocycles. The lowest BCUT2D eigenvalue weighted by Gasteiger charge is -1.90. The molecule has 0 spiro atoms. The number of carbonyl (C=O) groups is 1. The Morgan fingerprint density at radius 3 is 3.00 bits per heavy atom. The van der Waals surface area contributed by atoms with Gasteiger partial charge in [0.2, 0.25) is 0 Å². The van der Waals surface area contributed by atoms with Crippen molar-refractivity contribution >= 4 is 38.4 Å². The molecule has 0 atom stereocenters. The first kappa shape index (κ1) is 7.49. The van der Waals surface area contributed by atoms with Gasteiger partial charge in [-0.2, -0.15) is 0 Å². The molecule has 0 unspecified atom stereocenters. The number of nitrogens with two attached hydrogens (primary N) is 1. The number of nitrogens with zero attached hydrogens (tertiary/aromatic N) is 1. The topological polar surface area (TPSA) is 68.0 Å². The van der Waals surface area contributed by atoms with E-state index in [4.69, 9.17) is 5.73 Å². The zero-order valence-electron chi connectivity index (χ0n) is 4.80. The molecule has 2 amide bonds. The highest BCUT2D eigenvalue weighted by molar-refractivity contribution is 9.11. The van der Waals surface area contributed by atoms with Crippen molar-refractivity contribution in [2.24, 2.45) is 5.73 Å². The van der Waals surface area contributed by atoms with Crippen LogP contribution in [-0.4, -0.2) is 11.0 Å². The van der Waals surface area contributed by atoms with E-state index in [1.54, 1.807) is 6.20 Å². The molecule has 0 bridgehead atoms. The smallest absolute Gasteiger partial charge is 0.318 e. The Morgan fingerprint density at radius 2 is 2.60 bits per heavy atom. The fourth-order valence-corrected chi connectivity index (χ4v) is 1.53. The number of thiazole rings is 1. The predicted molar refractivity (Wildman–Crippen MR) is 43.0 cm³/mol. The van der Waals surface area contributed by atoms with Crippen molar-refractivity contribution < 1.29 is 4.79 Å². The third kappa shape index (κ3) is 1.96. The molecule has 4 nitrogen and oxygen atoms in total. The Labute approximate surface area is 69.6 Å². The second-order valence-electron chi connectivity index (χ2n) is 1.46. The molecule has 0 aliphatic carbocycles. The van der Waals surface area contributed by atoms with Crippen LogP contribution in [-0.2, 0) is 0 Å². The zero-order chi connectivity index (χ0) is 7.56. The van der Waals surface area contributed by atoms with Gasteiger partial charge < -0.3 is 5.73 Å². The standard InChI is InChI=1S/C4H4BrN3OS/c5-2-1-7-4(10-2)8-3(6)9/h1H,(H3,6,7,8,9). The molecular formula is C4H4BrN3OS. The lowest BCUT2D eigenvalue weighted by molar-refractivity contribution is 0.259. The van der Waals surface area contributed by atoms with Gasteiger partial charge in [0.15, 0.2) is 5.13 Å². The van der Waals surface area contributed by atoms with Gasteiger partial charge in [-0.25, -0.2) is 9.78 Å². The summed E-state index contributed by atoms with van der Waals surface area (Å²) in [6.07, 6.45) is 1.59. The maximum absolute atomic E-state index is 10.2. The summed E-state index contributed by atoms with van der Waals surface area (Å²) in [4.78, 5) is 14.1. The van der Waals surface area contributed by atoms with Crippen LogP contribution < -0.4 is 11.1 Å². The van der Waals surface area contributed by atoms with E-state index in [-0.39, 0.29) is 0 Å². The predicted octanol–water partition coefficient (Wildman–Crippen LogP) is 1.40. The Kier molecular flexibility index (Phi) is 2.23. The summed E-state index contributed by atoms with van der Waals surface area (Å²) in [6, 6.07) is -0.596. The van der Waals surface area contributed by atoms with Crippen LogP contribution in [0.1, 0.15) is 0 Å². The minimum Gasteiger partial charge on any atom is -0.351 e. The van der Waals surface area contributed by atoms with Crippen molar-refractivity contribution in [1.82, 2.24) is 4.98 Å². The van der Waals surface area contributed by atoms with Gasteiger partial charge in [-0.1, -0.05) is 11.3 Å². The molecule has 1 aromatic rings. The fraction of sp³-hybridized carbons (Fsp3) is 0. The lowest BCUT2D eigenvalue weighted by Crippen LogP contribution is -2.18. The maximum Gasteiger partial charge on any atom is 0.318 e. The first-order chi connectivity index (χ1) is 4.68. The molecule has 1 aromatic heterocycles. The molecule has 0 saturated carbocycles. The van der Waals surface area contributed by atoms with Crippen molar-refractivity contribution in [3.05, 3.63) is 9.98 Å². The monoisotopic (exact) mass is 221 g/mol. The second kappa shape index (κ2) is 2.98. The van der Waals surface area contributed by atoms with E-state index in [2.05, 4.69) is 26.2 Å². The minimum atomic E-state index is -0.596. The number of primary amides is 1. The van der Waals surface area contributed by atoms with E-state index in [9.17, 15) is 4.79 Å². The normalized spacial score (nSPS) is 9.30. The third-order valence-corrected chi connectivity index (χ3v) is 2.10. The van der Waals surface area contributed by atoms with Gasteiger partial charge in [0.25, 0.3) is 0 Å². The molecular weight excluding hydrogens is 218 g/mol. The van der Waals surface area contributed by atoms with Crippen molar-refractivity contribution in [3.8, 4) is 0 Å². The van der Waals surface area contributed by atoms with E-state index in [0.717, 1.165) is 3.79 Å². The Morgan fingerprint density at radius 1 is 1.90 bits per heavy atom. The zero-order valence-corrected chi connectivity index (χ0v) is 7.20. The number of amides is 2. The summed E-state index contributed by atoms with van der Waals surface area (Å²) >= 11 is 4.50. The Bertz CT molecular complexity index is 248. The van der Waals surface area contributed by atoms with Gasteiger partial charge in [0.05, 0.1) is 9.98 Å². The molecule has 54 valence electrons. The number of nitrogens with one attached hydrogen (secondary N) is 1. The van der Waals surface area contributed by atoms with Crippen molar-refractivity contribution in [1.29, 1.82) is 0 Å². The van der Waals surface area contributed by atoms with E-state index in [1.165, 1.54) is 11.3 Å². The fourth-order valence-electron chi connectivity index (χ4n) is 0.418. The molecule has 0 radical (unpaired) electrons. The summed E-state index contributed by atoms with van der Waals surface area (Å²) in [5.74, 6) is 0. The highest BCUT2D eigenvalue weighted by Gasteiger charge is 1.99. The maximum atomic E-state index is 10.2. The molecule has 6 heteroatoms. The van der Waals surface area contributed by atoms with Gasteiger partial charge in [0.1, 0.15) is 0 Å². The number of carbonyl (C=O) groups excluding carboxylic acids is 1. The summed E-state index contributed by atoms with van der Waals surface area (Å²) in [5, 5.41) is 2.84. The minimum absolute atomic E-state index is 0.499. The number of hydrogen-bond donors (Lipinski definition) is 2. The van der Waals surface area contributed by atoms with Crippen molar-refractivity contribution in [3.63, 3.8) is 0 Å². The lowest BCUT2D eigenvalue weighted by atomic mass is 10.9. The summed E-state index contributed by atoms with van der Waals surface area (Å²) in [7, 11) is 0. The van der Waals surface area contributed by atoms with Gasteiger partial charge in [-0.15, -0.1) is 0 Å². The molecule has 10 heavy (non-hydrogen) atoms.